The van der Waals surface area contributed by atoms with Gasteiger partial charge >= 0.3 is 12.1 Å². The Balaban J connectivity index is 4.28. The molecule has 1 unspecified atom stereocenters. The van der Waals surface area contributed by atoms with Gasteiger partial charge in [0.05, 0.1) is 0 Å². The van der Waals surface area contributed by atoms with E-state index in [1.54, 1.807) is 20.8 Å². The van der Waals surface area contributed by atoms with Crippen molar-refractivity contribution in [2.75, 3.05) is 6.50 Å². The predicted molar refractivity (Wildman–Crippen MR) is 63.7 cm³/mol. The largest absolute Gasteiger partial charge is 0.480 e. The number of carboxylic acid groups (broad SMARTS) is 1. The molecule has 1 amide bonds. The van der Waals surface area contributed by atoms with Gasteiger partial charge in [-0.2, -0.15) is 0 Å². The third-order valence-electron chi connectivity index (χ3n) is 1.80. The van der Waals surface area contributed by atoms with Crippen molar-refractivity contribution in [2.45, 2.75) is 51.7 Å². The Labute approximate surface area is 104 Å². The average Bonchev–Trinajstić information content (AvgIpc) is 2.10. The van der Waals surface area contributed by atoms with Gasteiger partial charge in [0.1, 0.15) is 11.6 Å². The van der Waals surface area contributed by atoms with E-state index in [9.17, 15) is 9.59 Å². The number of amides is 1. The Morgan fingerprint density at radius 1 is 1.47 bits per heavy atom. The molecule has 0 saturated heterocycles. The smallest absolute Gasteiger partial charge is 0.408 e. The lowest BCUT2D eigenvalue weighted by molar-refractivity contribution is -0.139. The van der Waals surface area contributed by atoms with Crippen LogP contribution in [-0.2, 0) is 9.53 Å². The molecule has 0 spiro atoms. The van der Waals surface area contributed by atoms with Gasteiger partial charge in [-0.1, -0.05) is 0 Å². The Morgan fingerprint density at radius 2 is 2.06 bits per heavy atom. The molecule has 0 fully saturated rings. The highest BCUT2D eigenvalue weighted by molar-refractivity contribution is 5.79. The lowest BCUT2D eigenvalue weighted by Gasteiger charge is -2.21. The minimum Gasteiger partial charge on any atom is -0.480 e. The first-order valence-corrected chi connectivity index (χ1v) is 5.42. The van der Waals surface area contributed by atoms with Crippen molar-refractivity contribution >= 4 is 12.1 Å². The van der Waals surface area contributed by atoms with E-state index < -0.39 is 30.2 Å². The van der Waals surface area contributed by atoms with Crippen molar-refractivity contribution in [3.8, 4) is 0 Å². The quantitative estimate of drug-likeness (QED) is 0.653. The average molecular weight is 248 g/mol. The molecule has 0 aromatic rings. The second-order valence-electron chi connectivity index (χ2n) is 4.63. The zero-order chi connectivity index (χ0) is 15.3. The van der Waals surface area contributed by atoms with Crippen LogP contribution >= 0.6 is 0 Å². The summed E-state index contributed by atoms with van der Waals surface area (Å²) in [7, 11) is 0. The van der Waals surface area contributed by atoms with Gasteiger partial charge in [0.15, 0.2) is 0 Å². The molecule has 0 aliphatic heterocycles. The topological polar surface area (TPSA) is 102 Å². The number of hydrogen-bond acceptors (Lipinski definition) is 4. The Kier molecular flexibility index (Phi) is 5.09. The van der Waals surface area contributed by atoms with Gasteiger partial charge < -0.3 is 20.9 Å². The standard InChI is InChI=1S/C11H22N2O4/c1-11(2,3)17-10(16)13-8(9(14)15)6-4-5-7-12/h8H,4-7,12H2,1-3H3,(H,13,16)(H,14,15)/i7D2. The van der Waals surface area contributed by atoms with Crippen molar-refractivity contribution in [3.63, 3.8) is 0 Å². The van der Waals surface area contributed by atoms with E-state index in [4.69, 9.17) is 18.3 Å². The SMILES string of the molecule is [2H]C([2H])(N)CCCC(NC(=O)OC(C)(C)C)C(=O)O. The third-order valence-corrected chi connectivity index (χ3v) is 1.80. The van der Waals surface area contributed by atoms with Gasteiger partial charge in [0, 0.05) is 2.74 Å². The summed E-state index contributed by atoms with van der Waals surface area (Å²) in [6.45, 7) is 3.18. The highest BCUT2D eigenvalue weighted by Gasteiger charge is 2.23. The number of carboxylic acids is 1. The molecule has 0 bridgehead atoms. The van der Waals surface area contributed by atoms with Crippen molar-refractivity contribution in [2.24, 2.45) is 5.73 Å². The molecule has 6 nitrogen and oxygen atoms in total. The molecule has 0 aliphatic rings. The number of alkyl carbamates (subject to hydrolysis) is 1. The zero-order valence-corrected chi connectivity index (χ0v) is 10.4. The minimum atomic E-state index is -1.84. The summed E-state index contributed by atoms with van der Waals surface area (Å²) in [5.41, 5.74) is 4.45. The molecule has 0 radical (unpaired) electrons. The summed E-state index contributed by atoms with van der Waals surface area (Å²) < 4.78 is 19.2. The van der Waals surface area contributed by atoms with Crippen LogP contribution in [0.5, 0.6) is 0 Å². The summed E-state index contributed by atoms with van der Waals surface area (Å²) in [5, 5.41) is 11.2. The van der Waals surface area contributed by atoms with Crippen LogP contribution in [0, 0.1) is 0 Å². The van der Waals surface area contributed by atoms with Crippen LogP contribution in [-0.4, -0.2) is 35.3 Å². The van der Waals surface area contributed by atoms with Crippen LogP contribution < -0.4 is 11.1 Å². The Hall–Kier alpha value is -1.30. The van der Waals surface area contributed by atoms with Crippen LogP contribution in [0.25, 0.3) is 0 Å². The second-order valence-corrected chi connectivity index (χ2v) is 4.63. The molecule has 6 heteroatoms. The van der Waals surface area contributed by atoms with E-state index in [1.807, 2.05) is 0 Å². The molecule has 0 rings (SSSR count). The number of aliphatic carboxylic acids is 1. The van der Waals surface area contributed by atoms with Gasteiger partial charge in [0.2, 0.25) is 0 Å². The number of nitrogens with one attached hydrogen (secondary N) is 1. The summed E-state index contributed by atoms with van der Waals surface area (Å²) in [4.78, 5) is 22.4. The Morgan fingerprint density at radius 3 is 2.47 bits per heavy atom. The van der Waals surface area contributed by atoms with Gasteiger partial charge in [-0.05, 0) is 46.5 Å². The van der Waals surface area contributed by atoms with Crippen molar-refractivity contribution in [1.82, 2.24) is 5.32 Å². The molecule has 0 aromatic heterocycles. The highest BCUT2D eigenvalue weighted by Crippen LogP contribution is 2.08. The minimum absolute atomic E-state index is 0.0206. The first-order valence-electron chi connectivity index (χ1n) is 6.42. The van der Waals surface area contributed by atoms with Gasteiger partial charge in [-0.15, -0.1) is 0 Å². The molecular formula is C11H22N2O4. The summed E-state index contributed by atoms with van der Waals surface area (Å²) in [5.74, 6) is -1.19. The van der Waals surface area contributed by atoms with Crippen LogP contribution in [0.2, 0.25) is 0 Å². The maximum absolute atomic E-state index is 11.4. The molecule has 1 atom stereocenters. The van der Waals surface area contributed by atoms with Crippen molar-refractivity contribution in [1.29, 1.82) is 0 Å². The molecule has 0 aliphatic carbocycles. The first-order chi connectivity index (χ1) is 8.41. The number of nitrogens with two attached hydrogens (primary N) is 1. The van der Waals surface area contributed by atoms with Gasteiger partial charge in [0.25, 0.3) is 0 Å². The number of rotatable bonds is 6. The molecule has 0 saturated carbocycles. The van der Waals surface area contributed by atoms with Crippen LogP contribution in [0.3, 0.4) is 0 Å². The lowest BCUT2D eigenvalue weighted by Crippen LogP contribution is -2.43. The Bertz CT molecular complexity index is 324. The van der Waals surface area contributed by atoms with Crippen LogP contribution in [0.1, 0.15) is 42.8 Å². The summed E-state index contributed by atoms with van der Waals surface area (Å²) >= 11 is 0. The number of carbonyl (C=O) groups is 2. The van der Waals surface area contributed by atoms with E-state index in [1.165, 1.54) is 0 Å². The van der Waals surface area contributed by atoms with Crippen molar-refractivity contribution in [3.05, 3.63) is 0 Å². The van der Waals surface area contributed by atoms with E-state index >= 15 is 0 Å². The maximum atomic E-state index is 11.4. The molecule has 100 valence electrons. The predicted octanol–water partition coefficient (Wildman–Crippen LogP) is 1.09. The van der Waals surface area contributed by atoms with Crippen molar-refractivity contribution < 1.29 is 22.2 Å². The van der Waals surface area contributed by atoms with E-state index in [2.05, 4.69) is 5.32 Å². The molecule has 0 heterocycles. The summed E-state index contributed by atoms with van der Waals surface area (Å²) in [6, 6.07) is -1.11. The molecule has 17 heavy (non-hydrogen) atoms. The fraction of sp³-hybridized carbons (Fsp3) is 0.818. The van der Waals surface area contributed by atoms with E-state index in [0.29, 0.717) is 0 Å². The normalized spacial score (nSPS) is 15.5. The number of ether oxygens (including phenoxy) is 1. The van der Waals surface area contributed by atoms with Crippen LogP contribution in [0.15, 0.2) is 0 Å². The van der Waals surface area contributed by atoms with Crippen LogP contribution in [0.4, 0.5) is 4.79 Å². The lowest BCUT2D eigenvalue weighted by atomic mass is 10.1. The first kappa shape index (κ1) is 12.2. The molecule has 0 aromatic carbocycles. The van der Waals surface area contributed by atoms with Gasteiger partial charge in [-0.3, -0.25) is 0 Å². The van der Waals surface area contributed by atoms with Gasteiger partial charge in [-0.25, -0.2) is 9.59 Å². The number of carbonyl (C=O) groups excluding carboxylic acids is 1. The van der Waals surface area contributed by atoms with E-state index in [0.717, 1.165) is 0 Å². The van der Waals surface area contributed by atoms with E-state index in [-0.39, 0.29) is 19.3 Å². The monoisotopic (exact) mass is 248 g/mol. The molecule has 4 N–H and O–H groups in total. The fourth-order valence-corrected chi connectivity index (χ4v) is 1.12. The fourth-order valence-electron chi connectivity index (χ4n) is 1.12. The summed E-state index contributed by atoms with van der Waals surface area (Å²) in [6.07, 6.45) is -0.454. The maximum Gasteiger partial charge on any atom is 0.408 e. The number of hydrogen-bond donors (Lipinski definition) is 3. The zero-order valence-electron chi connectivity index (χ0n) is 12.4. The highest BCUT2D eigenvalue weighted by atomic mass is 16.6. The third kappa shape index (κ3) is 8.50. The second kappa shape index (κ2) is 7.11. The molecular weight excluding hydrogens is 224 g/mol.